The molecule has 6 fully saturated rings. The van der Waals surface area contributed by atoms with Crippen LogP contribution >= 0.6 is 0 Å². The van der Waals surface area contributed by atoms with E-state index in [0.717, 1.165) is 89.9 Å². The molecule has 57 heavy (non-hydrogen) atoms. The summed E-state index contributed by atoms with van der Waals surface area (Å²) in [6, 6.07) is 0. The molecule has 318 valence electrons. The monoisotopic (exact) mass is 794 g/mol. The summed E-state index contributed by atoms with van der Waals surface area (Å²) in [5.74, 6) is -3.63. The number of aliphatic carboxylic acids is 2. The van der Waals surface area contributed by atoms with Crippen LogP contribution in [0.2, 0.25) is 0 Å². The third-order valence-electron chi connectivity index (χ3n) is 16.7. The second-order valence-corrected chi connectivity index (χ2v) is 20.0. The Morgan fingerprint density at radius 2 is 1.53 bits per heavy atom. The molecule has 14 atom stereocenters. The van der Waals surface area contributed by atoms with Gasteiger partial charge in [-0.15, -0.1) is 0 Å². The Labute approximate surface area is 340 Å². The summed E-state index contributed by atoms with van der Waals surface area (Å²) in [6.45, 7) is 11.0. The van der Waals surface area contributed by atoms with Gasteiger partial charge in [0.2, 0.25) is 0 Å². The molecular weight excluding hydrogens is 725 g/mol. The number of esters is 4. The molecule has 0 aromatic carbocycles. The van der Waals surface area contributed by atoms with Gasteiger partial charge >= 0.3 is 35.8 Å². The largest absolute Gasteiger partial charge is 0.481 e. The second-order valence-electron chi connectivity index (χ2n) is 20.0. The lowest BCUT2D eigenvalue weighted by atomic mass is 9.36. The first kappa shape index (κ1) is 43.5. The molecule has 2 saturated heterocycles. The maximum absolute atomic E-state index is 14.1. The average Bonchev–Trinajstić information content (AvgIpc) is 3.64. The Morgan fingerprint density at radius 3 is 2.18 bits per heavy atom. The minimum absolute atomic E-state index is 0.000449. The van der Waals surface area contributed by atoms with E-state index in [1.807, 2.05) is 6.92 Å². The molecule has 2 N–H and O–H groups in total. The summed E-state index contributed by atoms with van der Waals surface area (Å²) < 4.78 is 10.7. The third kappa shape index (κ3) is 8.53. The number of carbonyl (C=O) groups excluding carboxylic acids is 4. The van der Waals surface area contributed by atoms with Gasteiger partial charge in [0.1, 0.15) is 0 Å². The third-order valence-corrected chi connectivity index (χ3v) is 16.7. The van der Waals surface area contributed by atoms with Gasteiger partial charge in [-0.1, -0.05) is 91.2 Å². The van der Waals surface area contributed by atoms with Crippen LogP contribution in [0, 0.1) is 87.8 Å². The van der Waals surface area contributed by atoms with Crippen LogP contribution in [-0.2, 0) is 38.2 Å². The zero-order valence-electron chi connectivity index (χ0n) is 35.3. The molecule has 4 saturated carbocycles. The lowest BCUT2D eigenvalue weighted by Gasteiger charge is -2.67. The van der Waals surface area contributed by atoms with Gasteiger partial charge in [-0.3, -0.25) is 28.8 Å². The van der Waals surface area contributed by atoms with Crippen molar-refractivity contribution >= 4 is 35.8 Å². The fourth-order valence-corrected chi connectivity index (χ4v) is 14.3. The van der Waals surface area contributed by atoms with Crippen LogP contribution in [0.4, 0.5) is 0 Å². The fraction of sp³-hybridized carbons (Fsp3) is 0.830. The lowest BCUT2D eigenvalue weighted by molar-refractivity contribution is -0.207. The van der Waals surface area contributed by atoms with Gasteiger partial charge < -0.3 is 19.7 Å². The molecule has 0 amide bonds. The molecule has 14 unspecified atom stereocenters. The van der Waals surface area contributed by atoms with Gasteiger partial charge in [-0.25, -0.2) is 0 Å². The molecule has 2 heterocycles. The first-order valence-corrected chi connectivity index (χ1v) is 22.8. The van der Waals surface area contributed by atoms with Crippen molar-refractivity contribution in [2.75, 3.05) is 0 Å². The molecule has 6 aliphatic rings. The van der Waals surface area contributed by atoms with E-state index in [0.29, 0.717) is 25.2 Å². The zero-order chi connectivity index (χ0) is 41.2. The van der Waals surface area contributed by atoms with Crippen LogP contribution in [0.1, 0.15) is 157 Å². The quantitative estimate of drug-likeness (QED) is 0.0558. The number of carboxylic acids is 2. The van der Waals surface area contributed by atoms with E-state index in [1.165, 1.54) is 0 Å². The van der Waals surface area contributed by atoms with Crippen LogP contribution < -0.4 is 0 Å². The van der Waals surface area contributed by atoms with Gasteiger partial charge in [-0.05, 0) is 129 Å². The molecule has 6 rings (SSSR count). The van der Waals surface area contributed by atoms with E-state index in [9.17, 15) is 33.9 Å². The number of hydrogen-bond donors (Lipinski definition) is 2. The molecule has 0 radical (unpaired) electrons. The summed E-state index contributed by atoms with van der Waals surface area (Å²) in [5.41, 5.74) is -0.970. The van der Waals surface area contributed by atoms with E-state index in [1.54, 1.807) is 0 Å². The summed E-state index contributed by atoms with van der Waals surface area (Å²) >= 11 is 0. The molecule has 10 nitrogen and oxygen atoms in total. The highest BCUT2D eigenvalue weighted by atomic mass is 16.6. The molecule has 10 heteroatoms. The van der Waals surface area contributed by atoms with Crippen LogP contribution in [0.5, 0.6) is 0 Å². The number of carbonyl (C=O) groups is 6. The Kier molecular flexibility index (Phi) is 13.8. The zero-order valence-corrected chi connectivity index (χ0v) is 35.3. The van der Waals surface area contributed by atoms with Gasteiger partial charge in [0.05, 0.1) is 29.6 Å². The molecule has 0 aromatic rings. The highest BCUT2D eigenvalue weighted by Gasteiger charge is 2.70. The maximum Gasteiger partial charge on any atom is 0.317 e. The number of unbranched alkanes of at least 4 members (excludes halogenated alkanes) is 6. The number of allylic oxidation sites excluding steroid dienone is 2. The normalized spacial score (nSPS) is 38.4. The average molecular weight is 795 g/mol. The predicted octanol–water partition coefficient (Wildman–Crippen LogP) is 9.43. The summed E-state index contributed by atoms with van der Waals surface area (Å²) in [4.78, 5) is 77.4. The molecular formula is C47H70O10. The Hall–Kier alpha value is -3.04. The highest BCUT2D eigenvalue weighted by molar-refractivity contribution is 5.97. The fourth-order valence-electron chi connectivity index (χ4n) is 14.3. The van der Waals surface area contributed by atoms with Crippen molar-refractivity contribution in [3.05, 3.63) is 12.2 Å². The van der Waals surface area contributed by atoms with Crippen molar-refractivity contribution in [3.8, 4) is 0 Å². The van der Waals surface area contributed by atoms with Crippen molar-refractivity contribution in [2.24, 2.45) is 87.8 Å². The van der Waals surface area contributed by atoms with E-state index in [-0.39, 0.29) is 83.5 Å². The molecule has 0 aromatic heterocycles. The summed E-state index contributed by atoms with van der Waals surface area (Å²) in [6.07, 6.45) is 19.2. The number of ether oxygens (including phenoxy) is 2. The minimum atomic E-state index is -0.786. The summed E-state index contributed by atoms with van der Waals surface area (Å²) in [7, 11) is 0. The number of rotatable bonds is 19. The van der Waals surface area contributed by atoms with Crippen LogP contribution in [0.15, 0.2) is 12.2 Å². The molecule has 2 bridgehead atoms. The van der Waals surface area contributed by atoms with Crippen LogP contribution in [0.25, 0.3) is 0 Å². The minimum Gasteiger partial charge on any atom is -0.481 e. The molecule has 4 aliphatic carbocycles. The number of fused-ring (bicyclic) bond motifs is 8. The predicted molar refractivity (Wildman–Crippen MR) is 213 cm³/mol. The van der Waals surface area contributed by atoms with Crippen molar-refractivity contribution in [2.45, 2.75) is 157 Å². The first-order chi connectivity index (χ1) is 27.1. The Bertz CT molecular complexity index is 1550. The van der Waals surface area contributed by atoms with E-state index in [4.69, 9.17) is 14.6 Å². The molecule has 2 aliphatic heterocycles. The number of hydrogen-bond acceptors (Lipinski definition) is 8. The second kappa shape index (κ2) is 18.1. The number of carboxylic acid groups (broad SMARTS) is 2. The van der Waals surface area contributed by atoms with Gasteiger partial charge in [0.15, 0.2) is 0 Å². The van der Waals surface area contributed by atoms with Crippen molar-refractivity contribution < 1.29 is 48.5 Å². The van der Waals surface area contributed by atoms with Crippen molar-refractivity contribution in [1.82, 2.24) is 0 Å². The first-order valence-electron chi connectivity index (χ1n) is 22.8. The van der Waals surface area contributed by atoms with E-state index >= 15 is 0 Å². The van der Waals surface area contributed by atoms with E-state index < -0.39 is 47.0 Å². The smallest absolute Gasteiger partial charge is 0.317 e. The summed E-state index contributed by atoms with van der Waals surface area (Å²) in [5, 5.41) is 19.7. The van der Waals surface area contributed by atoms with E-state index in [2.05, 4.69) is 39.8 Å². The van der Waals surface area contributed by atoms with Crippen LogP contribution in [0.3, 0.4) is 0 Å². The lowest BCUT2D eigenvalue weighted by Crippen LogP contribution is -2.64. The maximum atomic E-state index is 14.1. The standard InChI is InChI=1S/C47H70O10/c1-6-7-12-16-28(31-26-36(50)56-42(31)51)19-20-29(17-13-10-8-9-11-14-18-35(48)49)38-39-30-21-22-34-46(4,23-15-24-47(34,5)45(54)55)33(30)25-32(37(39)27(2)3)40-41(38)44(53)57-43(40)52/h12,16,27-34,37-41H,6-11,13-15,17-26H2,1-5H3,(H,48,49)(H,54,55)/b16-12+. The van der Waals surface area contributed by atoms with Crippen LogP contribution in [-0.4, -0.2) is 46.0 Å². The van der Waals surface area contributed by atoms with Gasteiger partial charge in [-0.2, -0.15) is 0 Å². The highest BCUT2D eigenvalue weighted by Crippen LogP contribution is 2.71. The van der Waals surface area contributed by atoms with Gasteiger partial charge in [0, 0.05) is 6.42 Å². The Balaban J connectivity index is 1.36. The SMILES string of the molecule is CCC/C=C/C(CCC(CCCCCCCCC(=O)O)C1C2C(=O)OC(=O)C2C2CC3C(CCC4C(C)(C(=O)O)CCCC34C)C1C2C(C)C)C1CC(=O)OC1=O. The topological polar surface area (TPSA) is 161 Å². The molecule has 0 spiro atoms. The van der Waals surface area contributed by atoms with Crippen molar-refractivity contribution in [1.29, 1.82) is 0 Å². The van der Waals surface area contributed by atoms with Gasteiger partial charge in [0.25, 0.3) is 0 Å². The Morgan fingerprint density at radius 1 is 0.825 bits per heavy atom. The number of cyclic esters (lactones) is 4. The van der Waals surface area contributed by atoms with Crippen molar-refractivity contribution in [3.63, 3.8) is 0 Å².